The zero-order valence-electron chi connectivity index (χ0n) is 21.7. The maximum atomic E-state index is 13.3. The fraction of sp³-hybridized carbons (Fsp3) is 0.379. The van der Waals surface area contributed by atoms with E-state index >= 15 is 0 Å². The zero-order valence-corrected chi connectivity index (χ0v) is 22.5. The normalized spacial score (nSPS) is 14.8. The average molecular weight is 510 g/mol. The molecule has 1 unspecified atom stereocenters. The average Bonchev–Trinajstić information content (AvgIpc) is 2.90. The molecule has 0 radical (unpaired) electrons. The second-order valence-corrected chi connectivity index (χ2v) is 11.4. The molecule has 1 atom stereocenters. The Bertz CT molecular complexity index is 1300. The zero-order chi connectivity index (χ0) is 25.9. The molecule has 6 nitrogen and oxygen atoms in total. The summed E-state index contributed by atoms with van der Waals surface area (Å²) in [7, 11) is -0.290. The van der Waals surface area contributed by atoms with Crippen LogP contribution in [0.3, 0.4) is 0 Å². The molecule has 1 aliphatic rings. The van der Waals surface area contributed by atoms with Gasteiger partial charge in [0.05, 0.1) is 24.0 Å². The van der Waals surface area contributed by atoms with Crippen molar-refractivity contribution >= 4 is 9.84 Å². The van der Waals surface area contributed by atoms with Crippen LogP contribution in [0.2, 0.25) is 0 Å². The lowest BCUT2D eigenvalue weighted by Crippen LogP contribution is -2.40. The van der Waals surface area contributed by atoms with Crippen molar-refractivity contribution in [3.63, 3.8) is 0 Å². The lowest BCUT2D eigenvalue weighted by molar-refractivity contribution is 0.133. The van der Waals surface area contributed by atoms with Gasteiger partial charge >= 0.3 is 0 Å². The summed E-state index contributed by atoms with van der Waals surface area (Å²) in [6, 6.07) is 18.2. The standard InChI is InChI=1S/C29H35NO5S/c1-20(2)26-8-6-7-9-29(26)36(31,32)25-12-10-24(11-13-25)35-19-21(3)30-15-14-22-16-27(33-4)28(34-5)17-23(22)18-30/h6-13,16-17,20-21H,14-15,18-19H2,1-5H3. The van der Waals surface area contributed by atoms with Gasteiger partial charge in [-0.2, -0.15) is 0 Å². The molecule has 36 heavy (non-hydrogen) atoms. The van der Waals surface area contributed by atoms with Gasteiger partial charge in [0.1, 0.15) is 12.4 Å². The van der Waals surface area contributed by atoms with Crippen LogP contribution in [0.5, 0.6) is 17.2 Å². The molecule has 1 aliphatic heterocycles. The summed E-state index contributed by atoms with van der Waals surface area (Å²) in [6.45, 7) is 8.39. The number of methoxy groups -OCH3 is 2. The van der Waals surface area contributed by atoms with Gasteiger partial charge in [-0.3, -0.25) is 4.90 Å². The number of fused-ring (bicyclic) bond motifs is 1. The monoisotopic (exact) mass is 509 g/mol. The first-order chi connectivity index (χ1) is 17.2. The van der Waals surface area contributed by atoms with Gasteiger partial charge in [-0.05, 0) is 78.4 Å². The number of rotatable bonds is 9. The number of hydrogen-bond donors (Lipinski definition) is 0. The van der Waals surface area contributed by atoms with E-state index in [0.717, 1.165) is 36.6 Å². The Morgan fingerprint density at radius 1 is 0.889 bits per heavy atom. The summed E-state index contributed by atoms with van der Waals surface area (Å²) in [5, 5.41) is 0. The van der Waals surface area contributed by atoms with E-state index in [1.165, 1.54) is 11.1 Å². The van der Waals surface area contributed by atoms with Crippen molar-refractivity contribution in [2.75, 3.05) is 27.4 Å². The van der Waals surface area contributed by atoms with Gasteiger partial charge in [-0.1, -0.05) is 32.0 Å². The molecule has 3 aromatic rings. The minimum Gasteiger partial charge on any atom is -0.493 e. The van der Waals surface area contributed by atoms with Gasteiger partial charge in [0.2, 0.25) is 9.84 Å². The highest BCUT2D eigenvalue weighted by Gasteiger charge is 2.24. The van der Waals surface area contributed by atoms with Crippen LogP contribution < -0.4 is 14.2 Å². The Labute approximate surface area is 214 Å². The summed E-state index contributed by atoms with van der Waals surface area (Å²) >= 11 is 0. The van der Waals surface area contributed by atoms with Crippen molar-refractivity contribution < 1.29 is 22.6 Å². The summed E-state index contributed by atoms with van der Waals surface area (Å²) < 4.78 is 43.5. The van der Waals surface area contributed by atoms with E-state index in [1.54, 1.807) is 50.6 Å². The van der Waals surface area contributed by atoms with Gasteiger partial charge in [0, 0.05) is 19.1 Å². The van der Waals surface area contributed by atoms with Gasteiger partial charge < -0.3 is 14.2 Å². The third-order valence-corrected chi connectivity index (χ3v) is 8.67. The highest BCUT2D eigenvalue weighted by molar-refractivity contribution is 7.91. The van der Waals surface area contributed by atoms with E-state index in [4.69, 9.17) is 14.2 Å². The van der Waals surface area contributed by atoms with E-state index in [2.05, 4.69) is 24.0 Å². The SMILES string of the molecule is COc1cc2c(cc1OC)CN(C(C)COc1ccc(S(=O)(=O)c3ccccc3C(C)C)cc1)CC2. The predicted molar refractivity (Wildman–Crippen MR) is 141 cm³/mol. The van der Waals surface area contributed by atoms with E-state index in [0.29, 0.717) is 17.3 Å². The third kappa shape index (κ3) is 5.37. The molecule has 0 saturated heterocycles. The summed E-state index contributed by atoms with van der Waals surface area (Å²) in [6.07, 6.45) is 0.935. The van der Waals surface area contributed by atoms with Crippen LogP contribution in [0.4, 0.5) is 0 Å². The molecule has 0 spiro atoms. The largest absolute Gasteiger partial charge is 0.493 e. The Balaban J connectivity index is 1.41. The smallest absolute Gasteiger partial charge is 0.206 e. The number of benzene rings is 3. The second kappa shape index (κ2) is 10.9. The van der Waals surface area contributed by atoms with Gasteiger partial charge in [0.25, 0.3) is 0 Å². The number of hydrogen-bond acceptors (Lipinski definition) is 6. The molecule has 0 bridgehead atoms. The van der Waals surface area contributed by atoms with Crippen LogP contribution >= 0.6 is 0 Å². The molecule has 0 fully saturated rings. The summed E-state index contributed by atoms with van der Waals surface area (Å²) in [4.78, 5) is 3.02. The molecule has 192 valence electrons. The molecule has 0 N–H and O–H groups in total. The van der Waals surface area contributed by atoms with Gasteiger partial charge in [-0.25, -0.2) is 8.42 Å². The highest BCUT2D eigenvalue weighted by Crippen LogP contribution is 2.34. The van der Waals surface area contributed by atoms with Crippen LogP contribution in [0.1, 0.15) is 43.4 Å². The third-order valence-electron chi connectivity index (χ3n) is 6.83. The molecule has 3 aromatic carbocycles. The number of sulfone groups is 1. The van der Waals surface area contributed by atoms with Crippen LogP contribution in [-0.2, 0) is 22.8 Å². The second-order valence-electron chi connectivity index (χ2n) is 9.52. The van der Waals surface area contributed by atoms with Crippen molar-refractivity contribution in [1.29, 1.82) is 0 Å². The molecule has 1 heterocycles. The first-order valence-electron chi connectivity index (χ1n) is 12.3. The van der Waals surface area contributed by atoms with E-state index in [1.807, 2.05) is 26.0 Å². The van der Waals surface area contributed by atoms with Crippen LogP contribution in [0.25, 0.3) is 0 Å². The number of ether oxygens (including phenoxy) is 3. The van der Waals surface area contributed by atoms with Gasteiger partial charge in [-0.15, -0.1) is 0 Å². The van der Waals surface area contributed by atoms with Crippen LogP contribution in [0, 0.1) is 0 Å². The fourth-order valence-corrected chi connectivity index (χ4v) is 6.27. The maximum Gasteiger partial charge on any atom is 0.206 e. The quantitative estimate of drug-likeness (QED) is 0.380. The van der Waals surface area contributed by atoms with Crippen molar-refractivity contribution in [3.05, 3.63) is 77.4 Å². The topological polar surface area (TPSA) is 65.1 Å². The van der Waals surface area contributed by atoms with Crippen molar-refractivity contribution in [2.45, 2.75) is 55.5 Å². The highest BCUT2D eigenvalue weighted by atomic mass is 32.2. The molecule has 0 aliphatic carbocycles. The molecule has 0 saturated carbocycles. The molecule has 0 amide bonds. The van der Waals surface area contributed by atoms with Crippen LogP contribution in [0.15, 0.2) is 70.5 Å². The molecule has 7 heteroatoms. The van der Waals surface area contributed by atoms with Crippen LogP contribution in [-0.4, -0.2) is 46.7 Å². The molecule has 0 aromatic heterocycles. The Morgan fingerprint density at radius 2 is 1.53 bits per heavy atom. The first-order valence-corrected chi connectivity index (χ1v) is 13.8. The summed E-state index contributed by atoms with van der Waals surface area (Å²) in [5.74, 6) is 2.28. The molecular formula is C29H35NO5S. The molecular weight excluding hydrogens is 474 g/mol. The van der Waals surface area contributed by atoms with E-state index < -0.39 is 9.84 Å². The maximum absolute atomic E-state index is 13.3. The van der Waals surface area contributed by atoms with Crippen molar-refractivity contribution in [3.8, 4) is 17.2 Å². The van der Waals surface area contributed by atoms with E-state index in [9.17, 15) is 8.42 Å². The van der Waals surface area contributed by atoms with E-state index in [-0.39, 0.29) is 16.9 Å². The lowest BCUT2D eigenvalue weighted by atomic mass is 9.98. The minimum atomic E-state index is -3.60. The van der Waals surface area contributed by atoms with Crippen molar-refractivity contribution in [1.82, 2.24) is 4.90 Å². The van der Waals surface area contributed by atoms with Crippen molar-refractivity contribution in [2.24, 2.45) is 0 Å². The predicted octanol–water partition coefficient (Wildman–Crippen LogP) is 5.49. The van der Waals surface area contributed by atoms with Gasteiger partial charge in [0.15, 0.2) is 11.5 Å². The lowest BCUT2D eigenvalue weighted by Gasteiger charge is -2.34. The Morgan fingerprint density at radius 3 is 2.17 bits per heavy atom. The Hall–Kier alpha value is -3.03. The first kappa shape index (κ1) is 26.0. The Kier molecular flexibility index (Phi) is 7.91. The minimum absolute atomic E-state index is 0.116. The number of nitrogens with zero attached hydrogens (tertiary/aromatic N) is 1. The molecule has 4 rings (SSSR count). The fourth-order valence-electron chi connectivity index (χ4n) is 4.65. The summed E-state index contributed by atoms with van der Waals surface area (Å²) in [5.41, 5.74) is 3.35.